The minimum atomic E-state index is -2.14. The number of hydrogen-bond donors (Lipinski definition) is 0. The molecule has 112 valence electrons. The Kier molecular flexibility index (Phi) is 7.24. The second-order valence-corrected chi connectivity index (χ2v) is 13.6. The van der Waals surface area contributed by atoms with E-state index in [0.29, 0.717) is 0 Å². The molecule has 3 aromatic carbocycles. The van der Waals surface area contributed by atoms with Crippen molar-refractivity contribution in [2.24, 2.45) is 0 Å². The Morgan fingerprint density at radius 2 is 0.727 bits per heavy atom. The Balaban J connectivity index is 0.000000545. The fraction of sp³-hybridized carbons (Fsp3) is 0.143. The van der Waals surface area contributed by atoms with Gasteiger partial charge in [-0.25, -0.2) is 0 Å². The zero-order valence-corrected chi connectivity index (χ0v) is 16.7. The Labute approximate surface area is 141 Å². The molecule has 0 amide bonds. The number of hydrogen-bond acceptors (Lipinski definition) is 0. The average Bonchev–Trinajstić information content (AvgIpc) is 2.59. The topological polar surface area (TPSA) is 0 Å². The van der Waals surface area contributed by atoms with Crippen molar-refractivity contribution in [2.45, 2.75) is 20.3 Å². The van der Waals surface area contributed by atoms with E-state index in [4.69, 9.17) is 0 Å². The van der Waals surface area contributed by atoms with Crippen molar-refractivity contribution >= 4 is 30.5 Å². The van der Waals surface area contributed by atoms with Crippen LogP contribution >= 0.6 is 0 Å². The van der Waals surface area contributed by atoms with Crippen molar-refractivity contribution in [2.75, 3.05) is 0 Å². The molecule has 0 fully saturated rings. The molecular formula is C21H24Sn. The molecule has 0 aliphatic heterocycles. The van der Waals surface area contributed by atoms with Crippen LogP contribution in [0.5, 0.6) is 0 Å². The van der Waals surface area contributed by atoms with Crippen molar-refractivity contribution in [3.8, 4) is 0 Å². The zero-order valence-electron chi connectivity index (χ0n) is 13.4. The van der Waals surface area contributed by atoms with E-state index in [9.17, 15) is 0 Å². The van der Waals surface area contributed by atoms with E-state index in [-0.39, 0.29) is 0 Å². The van der Waals surface area contributed by atoms with Crippen molar-refractivity contribution in [1.82, 2.24) is 0 Å². The summed E-state index contributed by atoms with van der Waals surface area (Å²) in [5.74, 6) is 0. The van der Waals surface area contributed by atoms with E-state index in [1.165, 1.54) is 6.42 Å². The molecule has 3 rings (SSSR count). The van der Waals surface area contributed by atoms with Crippen LogP contribution in [0.15, 0.2) is 91.0 Å². The summed E-state index contributed by atoms with van der Waals surface area (Å²) in [7, 11) is 0. The molecule has 0 nitrogen and oxygen atoms in total. The van der Waals surface area contributed by atoms with Crippen LogP contribution in [0.1, 0.15) is 20.3 Å². The summed E-state index contributed by atoms with van der Waals surface area (Å²) < 4.78 is 4.63. The quantitative estimate of drug-likeness (QED) is 0.597. The maximum absolute atomic E-state index is 2.29. The van der Waals surface area contributed by atoms with Gasteiger partial charge in [0.1, 0.15) is 0 Å². The third kappa shape index (κ3) is 4.74. The van der Waals surface area contributed by atoms with Gasteiger partial charge in [0, 0.05) is 0 Å². The van der Waals surface area contributed by atoms with Crippen LogP contribution in [0.25, 0.3) is 0 Å². The van der Waals surface area contributed by atoms with E-state index in [2.05, 4.69) is 105 Å². The van der Waals surface area contributed by atoms with Gasteiger partial charge in [-0.05, 0) is 0 Å². The molecule has 0 heterocycles. The Morgan fingerprint density at radius 3 is 0.955 bits per heavy atom. The molecule has 0 radical (unpaired) electrons. The molecule has 0 unspecified atom stereocenters. The van der Waals surface area contributed by atoms with Gasteiger partial charge in [-0.3, -0.25) is 0 Å². The summed E-state index contributed by atoms with van der Waals surface area (Å²) >= 11 is -2.14. The van der Waals surface area contributed by atoms with Gasteiger partial charge in [0.15, 0.2) is 0 Å². The molecule has 1 heteroatoms. The van der Waals surface area contributed by atoms with Crippen LogP contribution < -0.4 is 10.7 Å². The first kappa shape index (κ1) is 16.8. The third-order valence-corrected chi connectivity index (χ3v) is 12.4. The first-order valence-corrected chi connectivity index (χ1v) is 13.0. The first-order chi connectivity index (χ1) is 10.9. The molecule has 0 aliphatic carbocycles. The molecule has 0 aromatic heterocycles. The number of benzene rings is 3. The van der Waals surface area contributed by atoms with Crippen molar-refractivity contribution in [1.29, 1.82) is 0 Å². The van der Waals surface area contributed by atoms with Crippen LogP contribution in [-0.2, 0) is 0 Å². The van der Waals surface area contributed by atoms with Crippen LogP contribution in [0.2, 0.25) is 0 Å². The summed E-state index contributed by atoms with van der Waals surface area (Å²) in [6, 6.07) is 33.0. The van der Waals surface area contributed by atoms with Crippen molar-refractivity contribution in [3.63, 3.8) is 0 Å². The molecule has 0 N–H and O–H groups in total. The second kappa shape index (κ2) is 9.47. The average molecular weight is 395 g/mol. The van der Waals surface area contributed by atoms with Crippen LogP contribution in [0.4, 0.5) is 0 Å². The Bertz CT molecular complexity index is 539. The molecule has 0 saturated carbocycles. The molecule has 0 bridgehead atoms. The summed E-state index contributed by atoms with van der Waals surface area (Å²) in [6.07, 6.45) is 1.25. The van der Waals surface area contributed by atoms with Gasteiger partial charge in [0.25, 0.3) is 0 Å². The Hall–Kier alpha value is -1.54. The van der Waals surface area contributed by atoms with Crippen molar-refractivity contribution in [3.05, 3.63) is 91.0 Å². The fourth-order valence-electron chi connectivity index (χ4n) is 2.51. The van der Waals surface area contributed by atoms with Gasteiger partial charge in [0.2, 0.25) is 0 Å². The van der Waals surface area contributed by atoms with E-state index in [1.54, 1.807) is 10.7 Å². The molecular weight excluding hydrogens is 371 g/mol. The monoisotopic (exact) mass is 396 g/mol. The Morgan fingerprint density at radius 1 is 0.500 bits per heavy atom. The normalized spacial score (nSPS) is 9.95. The van der Waals surface area contributed by atoms with Gasteiger partial charge < -0.3 is 0 Å². The summed E-state index contributed by atoms with van der Waals surface area (Å²) in [5.41, 5.74) is 0. The number of rotatable bonds is 3. The van der Waals surface area contributed by atoms with E-state index in [0.717, 1.165) is 0 Å². The standard InChI is InChI=1S/3C6H5.C3H8.Sn.H/c3*1-2-4-6-5-3-1;1-3-2;;/h3*1-5H;3H2,1-2H3;;. The van der Waals surface area contributed by atoms with Crippen LogP contribution in [0, 0.1) is 0 Å². The summed E-state index contributed by atoms with van der Waals surface area (Å²) in [5, 5.41) is 0. The molecule has 22 heavy (non-hydrogen) atoms. The summed E-state index contributed by atoms with van der Waals surface area (Å²) in [4.78, 5) is 0. The van der Waals surface area contributed by atoms with Gasteiger partial charge >= 0.3 is 121 Å². The van der Waals surface area contributed by atoms with Gasteiger partial charge in [-0.2, -0.15) is 0 Å². The molecule has 0 saturated heterocycles. The minimum absolute atomic E-state index is 1.25. The van der Waals surface area contributed by atoms with Gasteiger partial charge in [-0.1, -0.05) is 20.3 Å². The zero-order chi connectivity index (χ0) is 15.6. The molecule has 0 aliphatic rings. The third-order valence-electron chi connectivity index (χ3n) is 3.40. The second-order valence-electron chi connectivity index (χ2n) is 5.37. The predicted octanol–water partition coefficient (Wildman–Crippen LogP) is 3.35. The fourth-order valence-corrected chi connectivity index (χ4v) is 11.0. The SMILES string of the molecule is CCC.c1cc[c]([SnH]([c]2ccccc2)[c]2ccccc2)cc1. The molecule has 3 aromatic rings. The molecule has 0 spiro atoms. The molecule has 0 atom stereocenters. The van der Waals surface area contributed by atoms with E-state index < -0.39 is 19.8 Å². The van der Waals surface area contributed by atoms with Crippen molar-refractivity contribution < 1.29 is 0 Å². The predicted molar refractivity (Wildman–Crippen MR) is 101 cm³/mol. The van der Waals surface area contributed by atoms with Crippen LogP contribution in [0.3, 0.4) is 0 Å². The van der Waals surface area contributed by atoms with Gasteiger partial charge in [0.05, 0.1) is 0 Å². The van der Waals surface area contributed by atoms with Crippen LogP contribution in [-0.4, -0.2) is 19.8 Å². The summed E-state index contributed by atoms with van der Waals surface area (Å²) in [6.45, 7) is 4.25. The van der Waals surface area contributed by atoms with Gasteiger partial charge in [-0.15, -0.1) is 0 Å². The maximum atomic E-state index is 2.29. The first-order valence-electron chi connectivity index (χ1n) is 8.01. The van der Waals surface area contributed by atoms with E-state index in [1.807, 2.05) is 0 Å². The van der Waals surface area contributed by atoms with E-state index >= 15 is 0 Å².